The largest absolute Gasteiger partial charge is 0.372 e. The first-order chi connectivity index (χ1) is 16.3. The van der Waals surface area contributed by atoms with Crippen molar-refractivity contribution in [2.24, 2.45) is 0 Å². The number of hydrogen-bond acceptors (Lipinski definition) is 6. The van der Waals surface area contributed by atoms with Crippen LogP contribution in [0.15, 0.2) is 66.7 Å². The fourth-order valence-electron chi connectivity index (χ4n) is 3.86. The summed E-state index contributed by atoms with van der Waals surface area (Å²) >= 11 is 0. The molecular formula is C24H22N5O5+. The van der Waals surface area contributed by atoms with Crippen LogP contribution >= 0.6 is 0 Å². The molecule has 0 radical (unpaired) electrons. The second kappa shape index (κ2) is 9.10. The van der Waals surface area contributed by atoms with Gasteiger partial charge in [-0.15, -0.1) is 0 Å². The fraction of sp³-hybridized carbons (Fsp3) is 0.167. The van der Waals surface area contributed by atoms with Crippen LogP contribution in [0.5, 0.6) is 0 Å². The Balaban J connectivity index is 1.90. The van der Waals surface area contributed by atoms with E-state index in [1.165, 1.54) is 4.57 Å². The first-order valence-electron chi connectivity index (χ1n) is 10.6. The Kier molecular flexibility index (Phi) is 6.05. The smallest absolute Gasteiger partial charge is 0.346 e. The molecule has 1 aromatic heterocycles. The lowest BCUT2D eigenvalue weighted by molar-refractivity contribution is -0.392. The molecule has 4 aromatic rings. The Hall–Kier alpha value is -4.60. The van der Waals surface area contributed by atoms with E-state index in [2.05, 4.69) is 10.3 Å². The molecule has 0 aliphatic heterocycles. The highest BCUT2D eigenvalue weighted by Gasteiger charge is 2.33. The SMILES string of the molecule is CC(C)Nc1c([N+](=O)[O-])cc(C(=O)n2c(Cc3ccccc3)[nH+]c3ccccc32)cc1[N+](=O)[O-]. The van der Waals surface area contributed by atoms with Crippen molar-refractivity contribution in [2.45, 2.75) is 26.3 Å². The van der Waals surface area contributed by atoms with E-state index in [0.29, 0.717) is 23.3 Å². The summed E-state index contributed by atoms with van der Waals surface area (Å²) < 4.78 is 1.42. The maximum atomic E-state index is 13.7. The third-order valence-electron chi connectivity index (χ3n) is 5.28. The molecule has 0 bridgehead atoms. The molecule has 0 fully saturated rings. The van der Waals surface area contributed by atoms with Gasteiger partial charge >= 0.3 is 5.91 Å². The lowest BCUT2D eigenvalue weighted by Gasteiger charge is -2.11. The number of nitrogens with one attached hydrogen (secondary N) is 2. The van der Waals surface area contributed by atoms with E-state index in [-0.39, 0.29) is 17.3 Å². The Morgan fingerprint density at radius 2 is 1.56 bits per heavy atom. The lowest BCUT2D eigenvalue weighted by atomic mass is 10.1. The van der Waals surface area contributed by atoms with Crippen molar-refractivity contribution in [1.82, 2.24) is 4.57 Å². The number of imidazole rings is 1. The zero-order valence-electron chi connectivity index (χ0n) is 18.5. The van der Waals surface area contributed by atoms with E-state index in [9.17, 15) is 25.0 Å². The Labute approximate surface area is 194 Å². The van der Waals surface area contributed by atoms with Gasteiger partial charge in [-0.2, -0.15) is 4.57 Å². The molecular weight excluding hydrogens is 438 g/mol. The van der Waals surface area contributed by atoms with Gasteiger partial charge in [-0.3, -0.25) is 20.2 Å². The van der Waals surface area contributed by atoms with Crippen LogP contribution in [-0.4, -0.2) is 26.4 Å². The number of carbonyl (C=O) groups is 1. The van der Waals surface area contributed by atoms with Crippen LogP contribution < -0.4 is 10.3 Å². The van der Waals surface area contributed by atoms with Crippen molar-refractivity contribution in [3.8, 4) is 0 Å². The second-order valence-corrected chi connectivity index (χ2v) is 8.09. The number of benzene rings is 3. The van der Waals surface area contributed by atoms with E-state index in [0.717, 1.165) is 17.7 Å². The Bertz CT molecular complexity index is 1380. The molecule has 0 unspecified atom stereocenters. The second-order valence-electron chi connectivity index (χ2n) is 8.09. The molecule has 0 saturated heterocycles. The highest BCUT2D eigenvalue weighted by Crippen LogP contribution is 2.36. The quantitative estimate of drug-likeness (QED) is 0.321. The van der Waals surface area contributed by atoms with Crippen LogP contribution in [-0.2, 0) is 6.42 Å². The number of aromatic amines is 1. The van der Waals surface area contributed by atoms with E-state index >= 15 is 0 Å². The van der Waals surface area contributed by atoms with E-state index in [1.54, 1.807) is 26.0 Å². The average Bonchev–Trinajstić information content (AvgIpc) is 3.16. The number of rotatable bonds is 7. The number of nitrogens with zero attached hydrogens (tertiary/aromatic N) is 3. The number of nitro groups is 2. The van der Waals surface area contributed by atoms with Crippen LogP contribution in [0.1, 0.15) is 35.6 Å². The summed E-state index contributed by atoms with van der Waals surface area (Å²) in [6.45, 7) is 3.42. The molecule has 0 spiro atoms. The summed E-state index contributed by atoms with van der Waals surface area (Å²) in [5.41, 5.74) is 0.764. The molecule has 3 aromatic carbocycles. The molecule has 10 heteroatoms. The van der Waals surface area contributed by atoms with Crippen LogP contribution in [0, 0.1) is 20.2 Å². The minimum atomic E-state index is -0.723. The van der Waals surface area contributed by atoms with Crippen molar-refractivity contribution in [3.05, 3.63) is 104 Å². The van der Waals surface area contributed by atoms with E-state index < -0.39 is 27.1 Å². The van der Waals surface area contributed by atoms with E-state index in [4.69, 9.17) is 0 Å². The third kappa shape index (κ3) is 4.33. The molecule has 0 aliphatic carbocycles. The molecule has 0 aliphatic rings. The van der Waals surface area contributed by atoms with Crippen molar-refractivity contribution >= 4 is 34.0 Å². The van der Waals surface area contributed by atoms with Crippen molar-refractivity contribution in [3.63, 3.8) is 0 Å². The van der Waals surface area contributed by atoms with Crippen LogP contribution in [0.25, 0.3) is 11.0 Å². The predicted molar refractivity (Wildman–Crippen MR) is 126 cm³/mol. The van der Waals surface area contributed by atoms with Gasteiger partial charge in [0, 0.05) is 18.2 Å². The van der Waals surface area contributed by atoms with Crippen LogP contribution in [0.2, 0.25) is 0 Å². The molecule has 0 atom stereocenters. The zero-order chi connectivity index (χ0) is 24.4. The van der Waals surface area contributed by atoms with E-state index in [1.807, 2.05) is 42.5 Å². The summed E-state index contributed by atoms with van der Waals surface area (Å²) in [7, 11) is 0. The average molecular weight is 460 g/mol. The number of para-hydroxylation sites is 2. The minimum Gasteiger partial charge on any atom is -0.372 e. The number of aromatic nitrogens is 2. The first-order valence-corrected chi connectivity index (χ1v) is 10.6. The van der Waals surface area contributed by atoms with Gasteiger partial charge in [0.2, 0.25) is 0 Å². The number of fused-ring (bicyclic) bond motifs is 1. The van der Waals surface area contributed by atoms with Gasteiger partial charge in [-0.25, -0.2) is 9.78 Å². The summed E-state index contributed by atoms with van der Waals surface area (Å²) in [6.07, 6.45) is 0.387. The van der Waals surface area contributed by atoms with Gasteiger partial charge in [0.15, 0.2) is 16.7 Å². The summed E-state index contributed by atoms with van der Waals surface area (Å²) in [4.78, 5) is 39.0. The van der Waals surface area contributed by atoms with Gasteiger partial charge in [0.25, 0.3) is 17.2 Å². The first kappa shape index (κ1) is 22.6. The fourth-order valence-corrected chi connectivity index (χ4v) is 3.86. The monoisotopic (exact) mass is 460 g/mol. The number of H-pyrrole nitrogens is 1. The van der Waals surface area contributed by atoms with Crippen molar-refractivity contribution in [1.29, 1.82) is 0 Å². The van der Waals surface area contributed by atoms with Crippen LogP contribution in [0.4, 0.5) is 17.1 Å². The molecule has 0 amide bonds. The van der Waals surface area contributed by atoms with Gasteiger partial charge in [0.1, 0.15) is 0 Å². The zero-order valence-corrected chi connectivity index (χ0v) is 18.5. The predicted octanol–water partition coefficient (Wildman–Crippen LogP) is 4.37. The third-order valence-corrected chi connectivity index (χ3v) is 5.28. The topological polar surface area (TPSA) is 134 Å². The molecule has 2 N–H and O–H groups in total. The van der Waals surface area contributed by atoms with Gasteiger partial charge in [0.05, 0.1) is 21.8 Å². The maximum Gasteiger partial charge on any atom is 0.346 e. The molecule has 1 heterocycles. The molecule has 172 valence electrons. The van der Waals surface area contributed by atoms with Gasteiger partial charge in [-0.1, -0.05) is 42.5 Å². The number of hydrogen-bond donors (Lipinski definition) is 1. The highest BCUT2D eigenvalue weighted by atomic mass is 16.6. The minimum absolute atomic E-state index is 0.156. The number of anilines is 1. The standard InChI is InChI=1S/C24H21N5O5/c1-15(2)25-23-20(28(31)32)13-17(14-21(23)29(33)34)24(30)27-19-11-7-6-10-18(19)26-22(27)12-16-8-4-3-5-9-16/h3-11,13-15,25H,12H2,1-2H3/p+1. The number of nitro benzene ring substituents is 2. The summed E-state index contributed by atoms with van der Waals surface area (Å²) in [5, 5.41) is 26.3. The van der Waals surface area contributed by atoms with Crippen LogP contribution in [0.3, 0.4) is 0 Å². The lowest BCUT2D eigenvalue weighted by Crippen LogP contribution is -2.21. The Morgan fingerprint density at radius 1 is 0.971 bits per heavy atom. The molecule has 0 saturated carbocycles. The van der Waals surface area contributed by atoms with Gasteiger partial charge < -0.3 is 5.32 Å². The molecule has 34 heavy (non-hydrogen) atoms. The summed E-state index contributed by atoms with van der Waals surface area (Å²) in [6, 6.07) is 18.5. The normalized spacial score (nSPS) is 11.0. The van der Waals surface area contributed by atoms with Gasteiger partial charge in [-0.05, 0) is 31.5 Å². The highest BCUT2D eigenvalue weighted by molar-refractivity contribution is 6.03. The molecule has 10 nitrogen and oxygen atoms in total. The van der Waals surface area contributed by atoms with Crippen molar-refractivity contribution < 1.29 is 19.6 Å². The van der Waals surface area contributed by atoms with Crippen molar-refractivity contribution in [2.75, 3.05) is 5.32 Å². The molecule has 4 rings (SSSR count). The number of carbonyl (C=O) groups excluding carboxylic acids is 1. The maximum absolute atomic E-state index is 13.7. The Morgan fingerprint density at radius 3 is 2.15 bits per heavy atom. The summed E-state index contributed by atoms with van der Waals surface area (Å²) in [5.74, 6) is -0.0576.